The summed E-state index contributed by atoms with van der Waals surface area (Å²) in [5.41, 5.74) is 7.42. The van der Waals surface area contributed by atoms with Crippen LogP contribution in [0.1, 0.15) is 26.5 Å². The molecule has 0 aromatic carbocycles. The van der Waals surface area contributed by atoms with E-state index in [4.69, 9.17) is 10.3 Å². The maximum Gasteiger partial charge on any atom is 0.258 e. The SMILES string of the molecule is Cc1noc(NC(=O)c2csc(C#CCN)c2)c1C. The minimum atomic E-state index is -0.240. The van der Waals surface area contributed by atoms with Crippen LogP contribution in [0.15, 0.2) is 16.0 Å². The molecule has 6 heteroatoms. The summed E-state index contributed by atoms with van der Waals surface area (Å²) in [5, 5.41) is 8.21. The second kappa shape index (κ2) is 5.69. The standard InChI is InChI=1S/C13H13N3O2S/c1-8-9(2)16-18-13(8)15-12(17)10-6-11(19-7-10)4-3-5-14/h6-7H,5,14H2,1-2H3,(H,15,17). The fourth-order valence-corrected chi connectivity index (χ4v) is 2.12. The van der Waals surface area contributed by atoms with Crippen LogP contribution in [0.3, 0.4) is 0 Å². The van der Waals surface area contributed by atoms with Crippen molar-refractivity contribution in [2.75, 3.05) is 11.9 Å². The molecule has 0 bridgehead atoms. The van der Waals surface area contributed by atoms with Crippen molar-refractivity contribution >= 4 is 23.1 Å². The van der Waals surface area contributed by atoms with Crippen LogP contribution in [0.2, 0.25) is 0 Å². The first kappa shape index (κ1) is 13.3. The third-order valence-corrected chi connectivity index (χ3v) is 3.41. The van der Waals surface area contributed by atoms with Crippen LogP contribution in [-0.4, -0.2) is 17.6 Å². The van der Waals surface area contributed by atoms with E-state index in [1.54, 1.807) is 11.4 Å². The molecule has 2 heterocycles. The molecule has 19 heavy (non-hydrogen) atoms. The van der Waals surface area contributed by atoms with Gasteiger partial charge in [-0.15, -0.1) is 11.3 Å². The molecule has 0 spiro atoms. The molecule has 2 aromatic rings. The molecule has 0 saturated heterocycles. The molecule has 0 saturated carbocycles. The van der Waals surface area contributed by atoms with Gasteiger partial charge in [0.05, 0.1) is 22.7 Å². The van der Waals surface area contributed by atoms with Crippen LogP contribution in [0, 0.1) is 25.7 Å². The Morgan fingerprint density at radius 1 is 1.58 bits per heavy atom. The van der Waals surface area contributed by atoms with E-state index < -0.39 is 0 Å². The van der Waals surface area contributed by atoms with Crippen LogP contribution >= 0.6 is 11.3 Å². The summed E-state index contributed by atoms with van der Waals surface area (Å²) >= 11 is 1.40. The number of thiophene rings is 1. The molecule has 0 aliphatic rings. The number of carbonyl (C=O) groups excluding carboxylic acids is 1. The zero-order chi connectivity index (χ0) is 13.8. The lowest BCUT2D eigenvalue weighted by Crippen LogP contribution is -2.10. The summed E-state index contributed by atoms with van der Waals surface area (Å²) in [6.07, 6.45) is 0. The predicted octanol–water partition coefficient (Wildman–Crippen LogP) is 1.92. The van der Waals surface area contributed by atoms with Crippen LogP contribution < -0.4 is 11.1 Å². The molecule has 2 rings (SSSR count). The number of nitrogens with zero attached hydrogens (tertiary/aromatic N) is 1. The lowest BCUT2D eigenvalue weighted by atomic mass is 10.2. The highest BCUT2D eigenvalue weighted by Gasteiger charge is 2.14. The molecule has 98 valence electrons. The van der Waals surface area contributed by atoms with E-state index in [1.165, 1.54) is 11.3 Å². The van der Waals surface area contributed by atoms with Gasteiger partial charge in [-0.3, -0.25) is 10.1 Å². The van der Waals surface area contributed by atoms with E-state index in [1.807, 2.05) is 13.8 Å². The minimum Gasteiger partial charge on any atom is -0.338 e. The predicted molar refractivity (Wildman–Crippen MR) is 74.2 cm³/mol. The van der Waals surface area contributed by atoms with E-state index in [0.29, 0.717) is 18.0 Å². The van der Waals surface area contributed by atoms with Gasteiger partial charge in [-0.1, -0.05) is 17.0 Å². The van der Waals surface area contributed by atoms with E-state index in [0.717, 1.165) is 16.1 Å². The number of aryl methyl sites for hydroxylation is 1. The fourth-order valence-electron chi connectivity index (χ4n) is 1.37. The Bertz CT molecular complexity index is 661. The van der Waals surface area contributed by atoms with Gasteiger partial charge in [-0.2, -0.15) is 0 Å². The van der Waals surface area contributed by atoms with Gasteiger partial charge in [0.1, 0.15) is 0 Å². The molecule has 0 aliphatic carbocycles. The molecule has 0 aliphatic heterocycles. The number of carbonyl (C=O) groups is 1. The zero-order valence-electron chi connectivity index (χ0n) is 10.6. The highest BCUT2D eigenvalue weighted by Crippen LogP contribution is 2.20. The number of nitrogens with two attached hydrogens (primary N) is 1. The Morgan fingerprint density at radius 2 is 2.37 bits per heavy atom. The number of amides is 1. The molecule has 2 aromatic heterocycles. The molecular weight excluding hydrogens is 262 g/mol. The average Bonchev–Trinajstić information content (AvgIpc) is 2.98. The van der Waals surface area contributed by atoms with Crippen molar-refractivity contribution in [3.8, 4) is 11.8 Å². The van der Waals surface area contributed by atoms with E-state index >= 15 is 0 Å². The monoisotopic (exact) mass is 275 g/mol. The number of rotatable bonds is 2. The molecular formula is C13H13N3O2S. The summed E-state index contributed by atoms with van der Waals surface area (Å²) in [7, 11) is 0. The Hall–Kier alpha value is -2.10. The molecule has 0 fully saturated rings. The quantitative estimate of drug-likeness (QED) is 0.820. The lowest BCUT2D eigenvalue weighted by molar-refractivity contribution is 0.102. The van der Waals surface area contributed by atoms with Crippen LogP contribution in [0.25, 0.3) is 0 Å². The van der Waals surface area contributed by atoms with Gasteiger partial charge < -0.3 is 10.3 Å². The van der Waals surface area contributed by atoms with Gasteiger partial charge >= 0.3 is 0 Å². The normalized spacial score (nSPS) is 9.84. The number of nitrogens with one attached hydrogen (secondary N) is 1. The number of hydrogen-bond donors (Lipinski definition) is 2. The zero-order valence-corrected chi connectivity index (χ0v) is 11.4. The molecule has 1 amide bonds. The minimum absolute atomic E-state index is 0.240. The van der Waals surface area contributed by atoms with Gasteiger partial charge in [0.2, 0.25) is 5.88 Å². The number of aromatic nitrogens is 1. The molecule has 5 nitrogen and oxygen atoms in total. The van der Waals surface area contributed by atoms with Crippen molar-refractivity contribution < 1.29 is 9.32 Å². The van der Waals surface area contributed by atoms with E-state index in [9.17, 15) is 4.79 Å². The van der Waals surface area contributed by atoms with E-state index in [-0.39, 0.29) is 5.91 Å². The molecule has 3 N–H and O–H groups in total. The smallest absolute Gasteiger partial charge is 0.258 e. The van der Waals surface area contributed by atoms with Crippen molar-refractivity contribution in [2.24, 2.45) is 5.73 Å². The maximum atomic E-state index is 12.0. The van der Waals surface area contributed by atoms with Gasteiger partial charge in [0.15, 0.2) is 0 Å². The van der Waals surface area contributed by atoms with Gasteiger partial charge in [0.25, 0.3) is 5.91 Å². The van der Waals surface area contributed by atoms with Crippen LogP contribution in [0.4, 0.5) is 5.88 Å². The van der Waals surface area contributed by atoms with Crippen molar-refractivity contribution in [1.29, 1.82) is 0 Å². The van der Waals surface area contributed by atoms with Gasteiger partial charge in [-0.25, -0.2) is 0 Å². The largest absolute Gasteiger partial charge is 0.338 e. The second-order valence-corrected chi connectivity index (χ2v) is 4.79. The number of hydrogen-bond acceptors (Lipinski definition) is 5. The molecule has 0 atom stereocenters. The van der Waals surface area contributed by atoms with E-state index in [2.05, 4.69) is 22.3 Å². The Morgan fingerprint density at radius 3 is 3.00 bits per heavy atom. The first-order valence-corrected chi connectivity index (χ1v) is 6.51. The van der Waals surface area contributed by atoms with Crippen molar-refractivity contribution in [2.45, 2.75) is 13.8 Å². The van der Waals surface area contributed by atoms with Crippen molar-refractivity contribution in [3.63, 3.8) is 0 Å². The Kier molecular flexibility index (Phi) is 4.00. The van der Waals surface area contributed by atoms with Crippen molar-refractivity contribution in [3.05, 3.63) is 33.1 Å². The van der Waals surface area contributed by atoms with Gasteiger partial charge in [0, 0.05) is 10.9 Å². The van der Waals surface area contributed by atoms with Crippen molar-refractivity contribution in [1.82, 2.24) is 5.16 Å². The third kappa shape index (κ3) is 3.02. The Labute approximate surface area is 114 Å². The van der Waals surface area contributed by atoms with Gasteiger partial charge in [-0.05, 0) is 19.9 Å². The van der Waals surface area contributed by atoms with Crippen LogP contribution in [-0.2, 0) is 0 Å². The summed E-state index contributed by atoms with van der Waals surface area (Å²) in [5.74, 6) is 5.77. The van der Waals surface area contributed by atoms with Crippen LogP contribution in [0.5, 0.6) is 0 Å². The maximum absolute atomic E-state index is 12.0. The first-order valence-electron chi connectivity index (χ1n) is 5.63. The fraction of sp³-hybridized carbons (Fsp3) is 0.231. The first-order chi connectivity index (χ1) is 9.11. The highest BCUT2D eigenvalue weighted by atomic mass is 32.1. The molecule has 0 radical (unpaired) electrons. The summed E-state index contributed by atoms with van der Waals surface area (Å²) in [4.78, 5) is 12.8. The summed E-state index contributed by atoms with van der Waals surface area (Å²) < 4.78 is 5.04. The Balaban J connectivity index is 2.12. The molecule has 0 unspecified atom stereocenters. The topological polar surface area (TPSA) is 81.2 Å². The average molecular weight is 275 g/mol. The summed E-state index contributed by atoms with van der Waals surface area (Å²) in [6, 6.07) is 1.72. The third-order valence-electron chi connectivity index (χ3n) is 2.56. The second-order valence-electron chi connectivity index (χ2n) is 3.88. The lowest BCUT2D eigenvalue weighted by Gasteiger charge is -1.99. The highest BCUT2D eigenvalue weighted by molar-refractivity contribution is 7.10. The number of anilines is 1. The summed E-state index contributed by atoms with van der Waals surface area (Å²) in [6.45, 7) is 3.96.